The molecule has 6 heterocycles. The summed E-state index contributed by atoms with van der Waals surface area (Å²) in [5, 5.41) is 5.79. The minimum absolute atomic E-state index is 0.0417. The van der Waals surface area contributed by atoms with E-state index in [1.54, 1.807) is 14.1 Å². The number of anilines is 1. The fourth-order valence-electron chi connectivity index (χ4n) is 8.34. The Balaban J connectivity index is 1.17. The maximum absolute atomic E-state index is 12.8. The number of fused-ring (bicyclic) bond motifs is 5. The maximum atomic E-state index is 12.8. The quantitative estimate of drug-likeness (QED) is 0.345. The van der Waals surface area contributed by atoms with Crippen molar-refractivity contribution in [1.29, 1.82) is 0 Å². The van der Waals surface area contributed by atoms with E-state index in [1.807, 2.05) is 16.8 Å². The van der Waals surface area contributed by atoms with E-state index in [9.17, 15) is 4.79 Å². The van der Waals surface area contributed by atoms with Crippen LogP contribution < -0.4 is 9.64 Å². The van der Waals surface area contributed by atoms with Crippen LogP contribution in [-0.4, -0.2) is 81.3 Å². The first-order valence-corrected chi connectivity index (χ1v) is 17.0. The molecule has 46 heavy (non-hydrogen) atoms. The highest BCUT2D eigenvalue weighted by Crippen LogP contribution is 2.49. The molecular weight excluding hydrogens is 625 g/mol. The molecule has 1 aliphatic carbocycles. The molecule has 4 aliphatic heterocycles. The van der Waals surface area contributed by atoms with E-state index in [-0.39, 0.29) is 17.1 Å². The average Bonchev–Trinajstić information content (AvgIpc) is 3.71. The number of ether oxygens (including phenoxy) is 2. The first-order valence-electron chi connectivity index (χ1n) is 16.2. The molecular formula is C34H39Cl2N7O3. The number of rotatable bonds is 5. The number of amides is 1. The Hall–Kier alpha value is -3.18. The van der Waals surface area contributed by atoms with Gasteiger partial charge >= 0.3 is 6.01 Å². The van der Waals surface area contributed by atoms with Crippen LogP contribution in [0.2, 0.25) is 10.0 Å². The maximum Gasteiger partial charge on any atom is 0.318 e. The van der Waals surface area contributed by atoms with Crippen molar-refractivity contribution in [3.05, 3.63) is 74.2 Å². The average molecular weight is 665 g/mol. The third kappa shape index (κ3) is 4.83. The highest BCUT2D eigenvalue weighted by Gasteiger charge is 2.48. The lowest BCUT2D eigenvalue weighted by atomic mass is 9.87. The SMILES string of the molecule is C=C1CN2CCC[C@@]2(COc2nc3c(c(N4CCCn5nc(C(=O)N(C)C)c(Cl)c5C4)n2)CO[C@@]2(CCc4c(Cl)cccc42)C3)C1. The molecule has 8 rings (SSSR count). The topological polar surface area (TPSA) is 88.9 Å². The Morgan fingerprint density at radius 2 is 1.96 bits per heavy atom. The van der Waals surface area contributed by atoms with Crippen LogP contribution >= 0.6 is 23.2 Å². The molecule has 2 fully saturated rings. The smallest absolute Gasteiger partial charge is 0.318 e. The van der Waals surface area contributed by atoms with Gasteiger partial charge < -0.3 is 19.3 Å². The van der Waals surface area contributed by atoms with Gasteiger partial charge in [0.05, 0.1) is 40.7 Å². The van der Waals surface area contributed by atoms with E-state index in [0.717, 1.165) is 91.5 Å². The van der Waals surface area contributed by atoms with Crippen molar-refractivity contribution in [2.45, 2.75) is 75.8 Å². The highest BCUT2D eigenvalue weighted by molar-refractivity contribution is 6.34. The summed E-state index contributed by atoms with van der Waals surface area (Å²) < 4.78 is 15.2. The molecule has 1 aromatic carbocycles. The summed E-state index contributed by atoms with van der Waals surface area (Å²) >= 11 is 13.5. The van der Waals surface area contributed by atoms with Crippen LogP contribution in [0.5, 0.6) is 6.01 Å². The highest BCUT2D eigenvalue weighted by atomic mass is 35.5. The van der Waals surface area contributed by atoms with Gasteiger partial charge in [0, 0.05) is 50.7 Å². The summed E-state index contributed by atoms with van der Waals surface area (Å²) in [6.07, 6.45) is 6.34. The Labute approximate surface area is 279 Å². The molecule has 3 aromatic rings. The number of hydrogen-bond donors (Lipinski definition) is 0. The molecule has 2 saturated heterocycles. The van der Waals surface area contributed by atoms with Gasteiger partial charge in [-0.3, -0.25) is 14.4 Å². The number of halogens is 2. The van der Waals surface area contributed by atoms with Crippen molar-refractivity contribution in [3.63, 3.8) is 0 Å². The lowest BCUT2D eigenvalue weighted by Gasteiger charge is -2.37. The molecule has 12 heteroatoms. The molecule has 1 spiro atoms. The largest absolute Gasteiger partial charge is 0.461 e. The number of hydrogen-bond acceptors (Lipinski definition) is 8. The van der Waals surface area contributed by atoms with Gasteiger partial charge in [-0.15, -0.1) is 0 Å². The van der Waals surface area contributed by atoms with E-state index in [0.29, 0.717) is 43.8 Å². The van der Waals surface area contributed by atoms with Gasteiger partial charge in [0.15, 0.2) is 5.69 Å². The van der Waals surface area contributed by atoms with Crippen LogP contribution in [0, 0.1) is 0 Å². The van der Waals surface area contributed by atoms with Gasteiger partial charge in [0.2, 0.25) is 0 Å². The zero-order chi connectivity index (χ0) is 31.8. The summed E-state index contributed by atoms with van der Waals surface area (Å²) in [6.45, 7) is 9.05. The van der Waals surface area contributed by atoms with Crippen molar-refractivity contribution in [1.82, 2.24) is 29.5 Å². The molecule has 1 amide bonds. The Morgan fingerprint density at radius 1 is 1.09 bits per heavy atom. The number of aryl methyl sites for hydroxylation is 1. The normalized spacial score (nSPS) is 25.3. The molecule has 0 N–H and O–H groups in total. The summed E-state index contributed by atoms with van der Waals surface area (Å²) in [5.41, 5.74) is 6.05. The first kappa shape index (κ1) is 30.2. The Bertz CT molecular complexity index is 1760. The van der Waals surface area contributed by atoms with Gasteiger partial charge in [-0.25, -0.2) is 0 Å². The van der Waals surface area contributed by atoms with E-state index >= 15 is 0 Å². The van der Waals surface area contributed by atoms with Crippen LogP contribution in [0.3, 0.4) is 0 Å². The summed E-state index contributed by atoms with van der Waals surface area (Å²) in [7, 11) is 3.42. The monoisotopic (exact) mass is 663 g/mol. The lowest BCUT2D eigenvalue weighted by Crippen LogP contribution is -2.43. The second kappa shape index (κ2) is 11.2. The van der Waals surface area contributed by atoms with Crippen molar-refractivity contribution in [2.75, 3.05) is 45.2 Å². The molecule has 242 valence electrons. The van der Waals surface area contributed by atoms with Crippen molar-refractivity contribution in [3.8, 4) is 6.01 Å². The number of carbonyl (C=O) groups is 1. The zero-order valence-electron chi connectivity index (χ0n) is 26.4. The third-order valence-electron chi connectivity index (χ3n) is 10.6. The zero-order valence-corrected chi connectivity index (χ0v) is 28.0. The van der Waals surface area contributed by atoms with Gasteiger partial charge in [-0.1, -0.05) is 47.5 Å². The fourth-order valence-corrected chi connectivity index (χ4v) is 8.88. The number of carbonyl (C=O) groups excluding carboxylic acids is 1. The number of benzene rings is 1. The van der Waals surface area contributed by atoms with Crippen LogP contribution in [0.15, 0.2) is 30.4 Å². The van der Waals surface area contributed by atoms with Gasteiger partial charge in [0.25, 0.3) is 5.91 Å². The van der Waals surface area contributed by atoms with E-state index in [1.165, 1.54) is 16.0 Å². The molecule has 0 bridgehead atoms. The predicted molar refractivity (Wildman–Crippen MR) is 176 cm³/mol. The van der Waals surface area contributed by atoms with E-state index in [4.69, 9.17) is 42.6 Å². The molecule has 0 radical (unpaired) electrons. The number of aromatic nitrogens is 4. The van der Waals surface area contributed by atoms with Gasteiger partial charge in [-0.2, -0.15) is 15.1 Å². The second-order valence-electron chi connectivity index (χ2n) is 13.8. The van der Waals surface area contributed by atoms with E-state index < -0.39 is 5.60 Å². The molecule has 5 aliphatic rings. The Kier molecular flexibility index (Phi) is 7.36. The summed E-state index contributed by atoms with van der Waals surface area (Å²) in [6, 6.07) is 6.50. The van der Waals surface area contributed by atoms with Crippen LogP contribution in [0.25, 0.3) is 0 Å². The van der Waals surface area contributed by atoms with Crippen molar-refractivity contribution < 1.29 is 14.3 Å². The van der Waals surface area contributed by atoms with Gasteiger partial charge in [0.1, 0.15) is 12.4 Å². The molecule has 0 unspecified atom stereocenters. The minimum Gasteiger partial charge on any atom is -0.461 e. The molecule has 10 nitrogen and oxygen atoms in total. The standard InChI is InChI=1S/C34H39Cl2N7O3/c1-21-15-33(10-5-13-42(33)17-21)20-45-32-37-26-16-34(11-9-22-24(34)7-4-8-25(22)35)46-19-23(26)30(38-32)41-12-6-14-43-27(18-41)28(36)29(39-43)31(44)40(2)3/h4,7-8H,1,5-6,9-20H2,2-3H3/t33-,34-/m0/s1. The van der Waals surface area contributed by atoms with Crippen molar-refractivity contribution >= 4 is 34.9 Å². The predicted octanol–water partition coefficient (Wildman–Crippen LogP) is 5.18. The van der Waals surface area contributed by atoms with E-state index in [2.05, 4.69) is 27.5 Å². The number of nitrogens with zero attached hydrogens (tertiary/aromatic N) is 7. The van der Waals surface area contributed by atoms with Gasteiger partial charge in [-0.05, 0) is 62.3 Å². The summed E-state index contributed by atoms with van der Waals surface area (Å²) in [4.78, 5) is 29.3. The first-order chi connectivity index (χ1) is 22.2. The minimum atomic E-state index is -0.484. The molecule has 2 atom stereocenters. The Morgan fingerprint density at radius 3 is 2.80 bits per heavy atom. The second-order valence-corrected chi connectivity index (χ2v) is 14.5. The van der Waals surface area contributed by atoms with Crippen LogP contribution in [-0.2, 0) is 42.9 Å². The third-order valence-corrected chi connectivity index (χ3v) is 11.4. The van der Waals surface area contributed by atoms with Crippen LogP contribution in [0.4, 0.5) is 5.82 Å². The fraction of sp³-hybridized carbons (Fsp3) is 0.529. The molecule has 2 aromatic heterocycles. The summed E-state index contributed by atoms with van der Waals surface area (Å²) in [5.74, 6) is 0.583. The lowest BCUT2D eigenvalue weighted by molar-refractivity contribution is -0.0730. The van der Waals surface area contributed by atoms with Crippen molar-refractivity contribution in [2.24, 2.45) is 0 Å². The molecule has 0 saturated carbocycles. The van der Waals surface area contributed by atoms with Crippen LogP contribution in [0.1, 0.15) is 70.7 Å².